The zero-order chi connectivity index (χ0) is 16.4. The van der Waals surface area contributed by atoms with Gasteiger partial charge in [-0.15, -0.1) is 0 Å². The first-order valence-corrected chi connectivity index (χ1v) is 8.55. The average molecular weight is 339 g/mol. The van der Waals surface area contributed by atoms with E-state index in [0.29, 0.717) is 16.6 Å². The van der Waals surface area contributed by atoms with E-state index in [0.717, 1.165) is 51.1 Å². The Morgan fingerprint density at radius 1 is 1.35 bits per heavy atom. The molecule has 1 aromatic heterocycles. The van der Waals surface area contributed by atoms with Crippen molar-refractivity contribution in [1.82, 2.24) is 9.88 Å². The van der Waals surface area contributed by atoms with Gasteiger partial charge in [-0.1, -0.05) is 11.6 Å². The van der Waals surface area contributed by atoms with E-state index in [4.69, 9.17) is 17.3 Å². The standard InChI is InChI=1S/C16H23ClN4O2/c17-14-7-11(15(18)23)8-19-16(14)21-6-2-3-12(21)9-20-5-1-4-13(20)10-22/h7-8,12-13,22H,1-6,9-10H2,(H2,18,23). The van der Waals surface area contributed by atoms with Crippen molar-refractivity contribution in [3.05, 3.63) is 22.8 Å². The molecule has 2 unspecified atom stereocenters. The molecule has 3 rings (SSSR count). The number of nitrogens with zero attached hydrogens (tertiary/aromatic N) is 3. The van der Waals surface area contributed by atoms with Crippen LogP contribution < -0.4 is 10.6 Å². The van der Waals surface area contributed by atoms with Gasteiger partial charge in [0, 0.05) is 31.4 Å². The third-order valence-corrected chi connectivity index (χ3v) is 5.19. The van der Waals surface area contributed by atoms with Gasteiger partial charge in [0.15, 0.2) is 0 Å². The molecule has 2 saturated heterocycles. The van der Waals surface area contributed by atoms with Gasteiger partial charge >= 0.3 is 0 Å². The number of anilines is 1. The fourth-order valence-corrected chi connectivity index (χ4v) is 3.97. The second kappa shape index (κ2) is 7.03. The summed E-state index contributed by atoms with van der Waals surface area (Å²) in [5.41, 5.74) is 5.60. The van der Waals surface area contributed by atoms with Gasteiger partial charge in [-0.25, -0.2) is 4.98 Å². The number of nitrogens with two attached hydrogens (primary N) is 1. The molecule has 2 fully saturated rings. The lowest BCUT2D eigenvalue weighted by Crippen LogP contribution is -2.43. The first kappa shape index (κ1) is 16.5. The number of aliphatic hydroxyl groups is 1. The van der Waals surface area contributed by atoms with Crippen LogP contribution in [0, 0.1) is 0 Å². The first-order chi connectivity index (χ1) is 11.1. The van der Waals surface area contributed by atoms with Crippen molar-refractivity contribution in [2.24, 2.45) is 5.73 Å². The zero-order valence-electron chi connectivity index (χ0n) is 13.1. The van der Waals surface area contributed by atoms with Gasteiger partial charge in [0.05, 0.1) is 17.2 Å². The van der Waals surface area contributed by atoms with Crippen molar-refractivity contribution in [1.29, 1.82) is 0 Å². The molecule has 23 heavy (non-hydrogen) atoms. The molecular weight excluding hydrogens is 316 g/mol. The third-order valence-electron chi connectivity index (χ3n) is 4.91. The topological polar surface area (TPSA) is 82.7 Å². The Kier molecular flexibility index (Phi) is 5.04. The molecule has 2 aliphatic rings. The van der Waals surface area contributed by atoms with Crippen LogP contribution in [0.1, 0.15) is 36.0 Å². The number of carbonyl (C=O) groups excluding carboxylic acids is 1. The van der Waals surface area contributed by atoms with Crippen LogP contribution in [0.3, 0.4) is 0 Å². The number of aliphatic hydroxyl groups excluding tert-OH is 1. The molecule has 3 N–H and O–H groups in total. The molecule has 1 amide bonds. The predicted molar refractivity (Wildman–Crippen MR) is 89.8 cm³/mol. The van der Waals surface area contributed by atoms with E-state index >= 15 is 0 Å². The Hall–Kier alpha value is -1.37. The van der Waals surface area contributed by atoms with Gasteiger partial charge in [-0.2, -0.15) is 0 Å². The summed E-state index contributed by atoms with van der Waals surface area (Å²) in [5.74, 6) is 0.200. The molecule has 1 aromatic rings. The number of pyridine rings is 1. The van der Waals surface area contributed by atoms with Crippen molar-refractivity contribution in [3.8, 4) is 0 Å². The maximum Gasteiger partial charge on any atom is 0.250 e. The normalized spacial score (nSPS) is 25.2. The minimum Gasteiger partial charge on any atom is -0.395 e. The first-order valence-electron chi connectivity index (χ1n) is 8.17. The van der Waals surface area contributed by atoms with Crippen LogP contribution in [0.25, 0.3) is 0 Å². The summed E-state index contributed by atoms with van der Waals surface area (Å²) in [7, 11) is 0. The Labute approximate surface area is 141 Å². The number of halogens is 1. The molecule has 0 radical (unpaired) electrons. The smallest absolute Gasteiger partial charge is 0.250 e. The maximum atomic E-state index is 11.2. The lowest BCUT2D eigenvalue weighted by molar-refractivity contribution is 0.1000. The molecule has 2 aliphatic heterocycles. The fraction of sp³-hybridized carbons (Fsp3) is 0.625. The summed E-state index contributed by atoms with van der Waals surface area (Å²) in [5, 5.41) is 9.95. The minimum atomic E-state index is -0.522. The SMILES string of the molecule is NC(=O)c1cnc(N2CCCC2CN2CCCC2CO)c(Cl)c1. The van der Waals surface area contributed by atoms with Gasteiger partial charge in [0.1, 0.15) is 5.82 Å². The van der Waals surface area contributed by atoms with E-state index in [-0.39, 0.29) is 12.6 Å². The summed E-state index contributed by atoms with van der Waals surface area (Å²) in [4.78, 5) is 20.2. The second-order valence-corrected chi connectivity index (χ2v) is 6.76. The van der Waals surface area contributed by atoms with Crippen molar-refractivity contribution in [2.75, 3.05) is 31.1 Å². The molecule has 0 bridgehead atoms. The van der Waals surface area contributed by atoms with Gasteiger partial charge < -0.3 is 15.7 Å². The van der Waals surface area contributed by atoms with Crippen LogP contribution in [-0.4, -0.2) is 59.2 Å². The fourth-order valence-electron chi connectivity index (χ4n) is 3.69. The van der Waals surface area contributed by atoms with E-state index in [1.54, 1.807) is 6.07 Å². The van der Waals surface area contributed by atoms with E-state index in [1.807, 2.05) is 0 Å². The van der Waals surface area contributed by atoms with Crippen molar-refractivity contribution >= 4 is 23.3 Å². The second-order valence-electron chi connectivity index (χ2n) is 6.36. The Bertz CT molecular complexity index is 583. The zero-order valence-corrected chi connectivity index (χ0v) is 13.9. The molecule has 0 saturated carbocycles. The number of likely N-dealkylation sites (tertiary alicyclic amines) is 1. The van der Waals surface area contributed by atoms with Crippen LogP contribution in [0.4, 0.5) is 5.82 Å². The molecule has 0 spiro atoms. The van der Waals surface area contributed by atoms with Crippen LogP contribution in [0.15, 0.2) is 12.3 Å². The number of hydrogen-bond acceptors (Lipinski definition) is 5. The number of rotatable bonds is 5. The number of carbonyl (C=O) groups is 1. The van der Waals surface area contributed by atoms with Crippen LogP contribution >= 0.6 is 11.6 Å². The van der Waals surface area contributed by atoms with E-state index in [2.05, 4.69) is 14.8 Å². The molecule has 0 aliphatic carbocycles. The largest absolute Gasteiger partial charge is 0.395 e. The van der Waals surface area contributed by atoms with Gasteiger partial charge in [-0.3, -0.25) is 9.69 Å². The highest BCUT2D eigenvalue weighted by molar-refractivity contribution is 6.33. The molecular formula is C16H23ClN4O2. The molecule has 2 atom stereocenters. The summed E-state index contributed by atoms with van der Waals surface area (Å²) < 4.78 is 0. The summed E-state index contributed by atoms with van der Waals surface area (Å²) in [6.07, 6.45) is 5.88. The van der Waals surface area contributed by atoms with E-state index in [9.17, 15) is 9.90 Å². The highest BCUT2D eigenvalue weighted by atomic mass is 35.5. The maximum absolute atomic E-state index is 11.2. The van der Waals surface area contributed by atoms with Gasteiger partial charge in [0.25, 0.3) is 0 Å². The summed E-state index contributed by atoms with van der Waals surface area (Å²) in [6, 6.07) is 2.21. The van der Waals surface area contributed by atoms with Crippen molar-refractivity contribution in [3.63, 3.8) is 0 Å². The molecule has 126 valence electrons. The number of amides is 1. The van der Waals surface area contributed by atoms with Crippen LogP contribution in [0.2, 0.25) is 5.02 Å². The average Bonchev–Trinajstić information content (AvgIpc) is 3.16. The Balaban J connectivity index is 1.75. The van der Waals surface area contributed by atoms with E-state index in [1.165, 1.54) is 6.20 Å². The highest BCUT2D eigenvalue weighted by Gasteiger charge is 2.32. The number of primary amides is 1. The lowest BCUT2D eigenvalue weighted by Gasteiger charge is -2.32. The summed E-state index contributed by atoms with van der Waals surface area (Å²) >= 11 is 6.33. The lowest BCUT2D eigenvalue weighted by atomic mass is 10.1. The monoisotopic (exact) mass is 338 g/mol. The molecule has 6 nitrogen and oxygen atoms in total. The quantitative estimate of drug-likeness (QED) is 0.844. The van der Waals surface area contributed by atoms with Crippen LogP contribution in [-0.2, 0) is 0 Å². The Morgan fingerprint density at radius 3 is 2.78 bits per heavy atom. The highest BCUT2D eigenvalue weighted by Crippen LogP contribution is 2.31. The van der Waals surface area contributed by atoms with Gasteiger partial charge in [0.2, 0.25) is 5.91 Å². The minimum absolute atomic E-state index is 0.221. The van der Waals surface area contributed by atoms with E-state index < -0.39 is 5.91 Å². The third kappa shape index (κ3) is 3.44. The number of hydrogen-bond donors (Lipinski definition) is 2. The van der Waals surface area contributed by atoms with Crippen molar-refractivity contribution in [2.45, 2.75) is 37.8 Å². The molecule has 3 heterocycles. The van der Waals surface area contributed by atoms with Crippen molar-refractivity contribution < 1.29 is 9.90 Å². The molecule has 7 heteroatoms. The molecule has 0 aromatic carbocycles. The predicted octanol–water partition coefficient (Wildman–Crippen LogP) is 1.26. The Morgan fingerprint density at radius 2 is 2.09 bits per heavy atom. The number of aromatic nitrogens is 1. The van der Waals surface area contributed by atoms with Gasteiger partial charge in [-0.05, 0) is 38.3 Å². The summed E-state index contributed by atoms with van der Waals surface area (Å²) in [6.45, 7) is 3.09. The van der Waals surface area contributed by atoms with Crippen LogP contribution in [0.5, 0.6) is 0 Å².